The van der Waals surface area contributed by atoms with Gasteiger partial charge in [-0.1, -0.05) is 11.2 Å². The number of hydrogen-bond donors (Lipinski definition) is 0. The zero-order valence-electron chi connectivity index (χ0n) is 5.49. The van der Waals surface area contributed by atoms with Gasteiger partial charge in [-0.05, 0) is 0 Å². The van der Waals surface area contributed by atoms with Gasteiger partial charge in [0.1, 0.15) is 0 Å². The van der Waals surface area contributed by atoms with Crippen LogP contribution in [-0.2, 0) is 11.2 Å². The SMILES string of the molecule is C[S+](C)[O-].O=[N+]([O-])[O-].[Na+]. The number of nitrogens with zero attached hydrogens (tertiary/aromatic N) is 1. The van der Waals surface area contributed by atoms with Gasteiger partial charge in [-0.25, -0.2) is 0 Å². The smallest absolute Gasteiger partial charge is 0.617 e. The Morgan fingerprint density at radius 2 is 1.33 bits per heavy atom. The molecule has 0 aromatic rings. The fourth-order valence-corrected chi connectivity index (χ4v) is 0. The summed E-state index contributed by atoms with van der Waals surface area (Å²) < 4.78 is 9.56. The normalized spacial score (nSPS) is 6.67. The monoisotopic (exact) mass is 163 g/mol. The van der Waals surface area contributed by atoms with Crippen LogP contribution in [0.4, 0.5) is 0 Å². The van der Waals surface area contributed by atoms with Crippen molar-refractivity contribution in [2.24, 2.45) is 0 Å². The van der Waals surface area contributed by atoms with Crippen LogP contribution in [-0.4, -0.2) is 22.2 Å². The quantitative estimate of drug-likeness (QED) is 0.162. The Morgan fingerprint density at radius 3 is 1.33 bits per heavy atom. The molecule has 0 fully saturated rings. The van der Waals surface area contributed by atoms with Gasteiger partial charge in [0.2, 0.25) is 0 Å². The summed E-state index contributed by atoms with van der Waals surface area (Å²) in [5.74, 6) is 0. The van der Waals surface area contributed by atoms with E-state index in [4.69, 9.17) is 15.3 Å². The summed E-state index contributed by atoms with van der Waals surface area (Å²) in [6, 6.07) is 0. The van der Waals surface area contributed by atoms with Crippen LogP contribution in [0, 0.1) is 15.3 Å². The predicted molar refractivity (Wildman–Crippen MR) is 30.4 cm³/mol. The molecule has 5 nitrogen and oxygen atoms in total. The largest absolute Gasteiger partial charge is 1.00 e. The van der Waals surface area contributed by atoms with E-state index in [0.29, 0.717) is 0 Å². The summed E-state index contributed by atoms with van der Waals surface area (Å²) in [4.78, 5) is 8.25. The molecule has 0 bridgehead atoms. The molecule has 0 N–H and O–H groups in total. The van der Waals surface area contributed by atoms with Gasteiger partial charge < -0.3 is 19.9 Å². The summed E-state index contributed by atoms with van der Waals surface area (Å²) in [5.41, 5.74) is 0. The van der Waals surface area contributed by atoms with Crippen molar-refractivity contribution in [3.8, 4) is 0 Å². The Kier molecular flexibility index (Phi) is 20.4. The first-order chi connectivity index (χ1) is 3.46. The van der Waals surface area contributed by atoms with Gasteiger partial charge in [0.25, 0.3) is 0 Å². The van der Waals surface area contributed by atoms with Gasteiger partial charge in [0.15, 0.2) is 0 Å². The van der Waals surface area contributed by atoms with Crippen LogP contribution < -0.4 is 29.6 Å². The van der Waals surface area contributed by atoms with E-state index in [1.165, 1.54) is 0 Å². The second-order valence-electron chi connectivity index (χ2n) is 0.965. The maximum atomic E-state index is 9.56. The maximum absolute atomic E-state index is 9.56. The first-order valence-electron chi connectivity index (χ1n) is 1.53. The third-order valence-corrected chi connectivity index (χ3v) is 0. The number of hydrogen-bond acceptors (Lipinski definition) is 4. The summed E-state index contributed by atoms with van der Waals surface area (Å²) >= 11 is -0.611. The van der Waals surface area contributed by atoms with Gasteiger partial charge in [0, 0.05) is 0 Å². The molecule has 0 heterocycles. The van der Waals surface area contributed by atoms with Crippen LogP contribution in [0.15, 0.2) is 0 Å². The molecule has 0 amide bonds. The molecule has 0 aliphatic rings. The molecule has 0 saturated carbocycles. The van der Waals surface area contributed by atoms with Gasteiger partial charge in [-0.2, -0.15) is 0 Å². The van der Waals surface area contributed by atoms with E-state index in [9.17, 15) is 4.55 Å². The second-order valence-corrected chi connectivity index (χ2v) is 2.45. The van der Waals surface area contributed by atoms with E-state index in [0.717, 1.165) is 0 Å². The zero-order valence-corrected chi connectivity index (χ0v) is 8.30. The molecule has 0 unspecified atom stereocenters. The first kappa shape index (κ1) is 16.3. The molecule has 0 atom stereocenters. The van der Waals surface area contributed by atoms with Crippen molar-refractivity contribution in [2.45, 2.75) is 0 Å². The molecular formula is C2H6NNaO4S. The molecule has 0 saturated heterocycles. The molecular weight excluding hydrogens is 157 g/mol. The van der Waals surface area contributed by atoms with Crippen molar-refractivity contribution in [2.75, 3.05) is 12.5 Å². The standard InChI is InChI=1S/C2H6OS.NO3.Na/c1-4(2)3;2-1(3)4;/h1-2H3;;/q;-1;+1. The van der Waals surface area contributed by atoms with Crippen LogP contribution in [0.2, 0.25) is 0 Å². The van der Waals surface area contributed by atoms with Crippen LogP contribution in [0.25, 0.3) is 0 Å². The Hall–Kier alpha value is 0.510. The van der Waals surface area contributed by atoms with E-state index in [-0.39, 0.29) is 29.6 Å². The number of rotatable bonds is 0. The second kappa shape index (κ2) is 11.3. The average Bonchev–Trinajstić information content (AvgIpc) is 1.25. The Bertz CT molecular complexity index is 62.8. The van der Waals surface area contributed by atoms with E-state index in [1.54, 1.807) is 12.5 Å². The van der Waals surface area contributed by atoms with E-state index >= 15 is 0 Å². The third-order valence-electron chi connectivity index (χ3n) is 0. The summed E-state index contributed by atoms with van der Waals surface area (Å²) in [7, 11) is 0. The molecule has 0 aliphatic heterocycles. The predicted octanol–water partition coefficient (Wildman–Crippen LogP) is -3.24. The van der Waals surface area contributed by atoms with Crippen LogP contribution >= 0.6 is 0 Å². The molecule has 0 aromatic carbocycles. The molecule has 0 aliphatic carbocycles. The molecule has 0 aromatic heterocycles. The fourth-order valence-electron chi connectivity index (χ4n) is 0. The molecule has 50 valence electrons. The van der Waals surface area contributed by atoms with Gasteiger partial charge in [-0.15, -0.1) is 0 Å². The molecule has 0 radical (unpaired) electrons. The molecule has 0 rings (SSSR count). The zero-order chi connectivity index (χ0) is 7.15. The summed E-state index contributed by atoms with van der Waals surface area (Å²) in [5, 5.41) is 14.8. The van der Waals surface area contributed by atoms with Crippen molar-refractivity contribution in [3.05, 3.63) is 15.3 Å². The van der Waals surface area contributed by atoms with Gasteiger partial charge in [-0.3, -0.25) is 0 Å². The van der Waals surface area contributed by atoms with Crippen LogP contribution in [0.1, 0.15) is 0 Å². The minimum absolute atomic E-state index is 0. The third kappa shape index (κ3) is 1390. The van der Waals surface area contributed by atoms with Crippen molar-refractivity contribution >= 4 is 11.2 Å². The van der Waals surface area contributed by atoms with E-state index < -0.39 is 16.3 Å². The van der Waals surface area contributed by atoms with E-state index in [1.807, 2.05) is 0 Å². The van der Waals surface area contributed by atoms with E-state index in [2.05, 4.69) is 0 Å². The van der Waals surface area contributed by atoms with Gasteiger partial charge in [0.05, 0.1) is 17.6 Å². The minimum atomic E-state index is -1.75. The van der Waals surface area contributed by atoms with Crippen molar-refractivity contribution in [3.63, 3.8) is 0 Å². The Labute approximate surface area is 78.0 Å². The minimum Gasteiger partial charge on any atom is -0.617 e. The van der Waals surface area contributed by atoms with Crippen molar-refractivity contribution < 1.29 is 39.2 Å². The Balaban J connectivity index is -0.0000000720. The molecule has 0 spiro atoms. The Morgan fingerprint density at radius 1 is 1.33 bits per heavy atom. The first-order valence-corrected chi connectivity index (χ1v) is 3.50. The molecule has 9 heavy (non-hydrogen) atoms. The summed E-state index contributed by atoms with van der Waals surface area (Å²) in [6.07, 6.45) is 3.28. The van der Waals surface area contributed by atoms with Crippen LogP contribution in [0.5, 0.6) is 0 Å². The summed E-state index contributed by atoms with van der Waals surface area (Å²) in [6.45, 7) is 0. The fraction of sp³-hybridized carbons (Fsp3) is 1.00. The van der Waals surface area contributed by atoms with Gasteiger partial charge >= 0.3 is 29.6 Å². The maximum Gasteiger partial charge on any atom is 1.00 e. The molecule has 7 heteroatoms. The van der Waals surface area contributed by atoms with Crippen molar-refractivity contribution in [1.29, 1.82) is 0 Å². The van der Waals surface area contributed by atoms with Crippen molar-refractivity contribution in [1.82, 2.24) is 0 Å². The average molecular weight is 163 g/mol. The topological polar surface area (TPSA) is 89.3 Å². The van der Waals surface area contributed by atoms with Crippen LogP contribution in [0.3, 0.4) is 0 Å².